The molecule has 3 heteroatoms. The number of rotatable bonds is 0. The van der Waals surface area contributed by atoms with E-state index in [1.54, 1.807) is 38.2 Å². The first-order valence-electron chi connectivity index (χ1n) is 13.7. The largest absolute Gasteiger partial charge is 0.342 e. The molecule has 4 aromatic rings. The maximum absolute atomic E-state index is 2.76. The predicted molar refractivity (Wildman–Crippen MR) is 151 cm³/mol. The van der Waals surface area contributed by atoms with Crippen LogP contribution in [0.4, 0.5) is 11.4 Å². The lowest BCUT2D eigenvalue weighted by Crippen LogP contribution is -2.61. The molecule has 8 rings (SSSR count). The smallest absolute Gasteiger partial charge is 0.249 e. The van der Waals surface area contributed by atoms with Crippen molar-refractivity contribution in [1.82, 2.24) is 0 Å². The summed E-state index contributed by atoms with van der Waals surface area (Å²) >= 11 is 2.09. The minimum Gasteiger partial charge on any atom is -0.342 e. The highest BCUT2D eigenvalue weighted by atomic mass is 32.2. The van der Waals surface area contributed by atoms with Crippen molar-refractivity contribution >= 4 is 57.0 Å². The zero-order chi connectivity index (χ0) is 22.9. The summed E-state index contributed by atoms with van der Waals surface area (Å²) in [5, 5.41) is 2.79. The van der Waals surface area contributed by atoms with E-state index in [2.05, 4.69) is 77.3 Å². The summed E-state index contributed by atoms with van der Waals surface area (Å²) in [7, 11) is 0. The summed E-state index contributed by atoms with van der Waals surface area (Å²) in [5.74, 6) is 0. The quantitative estimate of drug-likeness (QED) is 0.245. The second-order valence-electron chi connectivity index (χ2n) is 10.9. The molecule has 0 N–H and O–H groups in total. The topological polar surface area (TPSA) is 3.24 Å². The van der Waals surface area contributed by atoms with E-state index in [9.17, 15) is 0 Å². The fourth-order valence-corrected chi connectivity index (χ4v) is 8.83. The van der Waals surface area contributed by atoms with Crippen molar-refractivity contribution in [2.24, 2.45) is 0 Å². The molecule has 0 amide bonds. The van der Waals surface area contributed by atoms with Crippen LogP contribution in [0.1, 0.15) is 55.2 Å². The van der Waals surface area contributed by atoms with E-state index in [0.29, 0.717) is 6.71 Å². The van der Waals surface area contributed by atoms with Gasteiger partial charge < -0.3 is 4.90 Å². The normalized spacial score (nSPS) is 18.1. The zero-order valence-corrected chi connectivity index (χ0v) is 21.1. The maximum Gasteiger partial charge on any atom is 0.249 e. The van der Waals surface area contributed by atoms with Crippen LogP contribution in [-0.4, -0.2) is 13.3 Å². The van der Waals surface area contributed by atoms with Gasteiger partial charge in [-0.15, -0.1) is 0 Å². The fourth-order valence-electron chi connectivity index (χ4n) is 7.34. The van der Waals surface area contributed by atoms with Crippen LogP contribution in [0.3, 0.4) is 0 Å². The molecule has 0 saturated carbocycles. The van der Waals surface area contributed by atoms with Gasteiger partial charge >= 0.3 is 0 Å². The minimum absolute atomic E-state index is 0.347. The average Bonchev–Trinajstić information content (AvgIpc) is 3.01. The Bertz CT molecular complexity index is 1510. The van der Waals surface area contributed by atoms with E-state index in [1.165, 1.54) is 84.6 Å². The number of hydrogen-bond acceptors (Lipinski definition) is 2. The highest BCUT2D eigenvalue weighted by Gasteiger charge is 2.43. The molecular weight excluding hydrogens is 441 g/mol. The highest BCUT2D eigenvalue weighted by Crippen LogP contribution is 2.45. The van der Waals surface area contributed by atoms with E-state index in [-0.39, 0.29) is 0 Å². The zero-order valence-electron chi connectivity index (χ0n) is 20.3. The number of benzene rings is 4. The van der Waals surface area contributed by atoms with E-state index in [4.69, 9.17) is 0 Å². The van der Waals surface area contributed by atoms with Crippen molar-refractivity contribution in [3.8, 4) is 0 Å². The first kappa shape index (κ1) is 20.5. The van der Waals surface area contributed by atoms with Crippen LogP contribution in [0.5, 0.6) is 0 Å². The summed E-state index contributed by atoms with van der Waals surface area (Å²) in [6.07, 6.45) is 11.7. The molecule has 0 fully saturated rings. The Balaban J connectivity index is 1.48. The molecule has 1 nitrogen and oxygen atoms in total. The predicted octanol–water partition coefficient (Wildman–Crippen LogP) is 6.27. The second-order valence-corrected chi connectivity index (χ2v) is 11.9. The van der Waals surface area contributed by atoms with E-state index in [1.807, 2.05) is 0 Å². The lowest BCUT2D eigenvalue weighted by atomic mass is 9.34. The van der Waals surface area contributed by atoms with Crippen LogP contribution in [0.15, 0.2) is 70.5 Å². The number of hydrogen-bond donors (Lipinski definition) is 0. The van der Waals surface area contributed by atoms with Gasteiger partial charge in [0.2, 0.25) is 6.71 Å². The van der Waals surface area contributed by atoms with Crippen LogP contribution in [0.2, 0.25) is 0 Å². The van der Waals surface area contributed by atoms with Crippen LogP contribution < -0.4 is 21.3 Å². The van der Waals surface area contributed by atoms with E-state index >= 15 is 0 Å². The molecule has 0 atom stereocenters. The average molecular weight is 471 g/mol. The number of anilines is 2. The Morgan fingerprint density at radius 2 is 1.54 bits per heavy atom. The Hall–Kier alpha value is -2.65. The molecule has 35 heavy (non-hydrogen) atoms. The van der Waals surface area contributed by atoms with Crippen molar-refractivity contribution in [1.29, 1.82) is 0 Å². The molecule has 0 radical (unpaired) electrons. The molecule has 3 aliphatic heterocycles. The van der Waals surface area contributed by atoms with Crippen molar-refractivity contribution in [2.45, 2.75) is 67.6 Å². The van der Waals surface area contributed by atoms with Crippen molar-refractivity contribution in [3.63, 3.8) is 0 Å². The summed E-state index contributed by atoms with van der Waals surface area (Å²) in [4.78, 5) is 5.86. The van der Waals surface area contributed by atoms with Gasteiger partial charge in [-0.1, -0.05) is 84.7 Å². The molecule has 0 bridgehead atoms. The summed E-state index contributed by atoms with van der Waals surface area (Å²) in [5.41, 5.74) is 12.6. The third-order valence-electron chi connectivity index (χ3n) is 8.93. The van der Waals surface area contributed by atoms with E-state index < -0.39 is 0 Å². The molecular formula is C32H30BNS. The molecule has 172 valence electrons. The van der Waals surface area contributed by atoms with Gasteiger partial charge in [-0.2, -0.15) is 0 Å². The van der Waals surface area contributed by atoms with Gasteiger partial charge in [0.1, 0.15) is 0 Å². The molecule has 4 aliphatic rings. The molecule has 0 spiro atoms. The van der Waals surface area contributed by atoms with Crippen molar-refractivity contribution in [3.05, 3.63) is 77.4 Å². The van der Waals surface area contributed by atoms with Crippen LogP contribution >= 0.6 is 11.8 Å². The number of fused-ring (bicyclic) bond motifs is 8. The lowest BCUT2D eigenvalue weighted by Gasteiger charge is -2.43. The van der Waals surface area contributed by atoms with Crippen molar-refractivity contribution < 1.29 is 0 Å². The van der Waals surface area contributed by atoms with Crippen LogP contribution in [-0.2, 0) is 19.3 Å². The standard InChI is InChI=1S/C32H30BNS/c1-2-8-19-34-28-20-23-12-5-7-15-25(23)32-29(28)33(26-16-9-13-22(11-3-1)30(26)34)27-18-17-21-10-4-6-14-24(21)31(27)35-32/h4,6,9-10,13-14,16-18,20H,1-3,5,7-8,11-12,15,19H2. The SMILES string of the molecule is c1cc2c3c(c1)B1c4ccc5ccccc5c4Sc4c5c(cc(c41)N3CCCCCC2)CCCC5. The summed E-state index contributed by atoms with van der Waals surface area (Å²) in [6.45, 7) is 1.50. The summed E-state index contributed by atoms with van der Waals surface area (Å²) < 4.78 is 0. The number of nitrogens with zero attached hydrogens (tertiary/aromatic N) is 1. The van der Waals surface area contributed by atoms with E-state index in [0.717, 1.165) is 6.54 Å². The van der Waals surface area contributed by atoms with Gasteiger partial charge in [0.05, 0.1) is 0 Å². The van der Waals surface area contributed by atoms with Crippen LogP contribution in [0, 0.1) is 0 Å². The van der Waals surface area contributed by atoms with Gasteiger partial charge in [-0.3, -0.25) is 0 Å². The van der Waals surface area contributed by atoms with Gasteiger partial charge in [-0.25, -0.2) is 0 Å². The molecule has 3 heterocycles. The first-order valence-corrected chi connectivity index (χ1v) is 14.5. The van der Waals surface area contributed by atoms with Crippen LogP contribution in [0.25, 0.3) is 10.8 Å². The monoisotopic (exact) mass is 471 g/mol. The van der Waals surface area contributed by atoms with Gasteiger partial charge in [-0.05, 0) is 89.4 Å². The maximum atomic E-state index is 2.76. The molecule has 0 unspecified atom stereocenters. The van der Waals surface area contributed by atoms with Gasteiger partial charge in [0, 0.05) is 27.7 Å². The highest BCUT2D eigenvalue weighted by molar-refractivity contribution is 8.00. The fraction of sp³-hybridized carbons (Fsp3) is 0.312. The van der Waals surface area contributed by atoms with Gasteiger partial charge in [0.15, 0.2) is 0 Å². The number of aryl methyl sites for hydroxylation is 2. The van der Waals surface area contributed by atoms with Crippen molar-refractivity contribution in [2.75, 3.05) is 11.4 Å². The third kappa shape index (κ3) is 2.97. The first-order chi connectivity index (χ1) is 17.4. The molecule has 0 saturated heterocycles. The summed E-state index contributed by atoms with van der Waals surface area (Å²) in [6, 6.07) is 23.7. The number of para-hydroxylation sites is 1. The molecule has 1 aliphatic carbocycles. The third-order valence-corrected chi connectivity index (χ3v) is 10.3. The lowest BCUT2D eigenvalue weighted by molar-refractivity contribution is 0.653. The van der Waals surface area contributed by atoms with Gasteiger partial charge in [0.25, 0.3) is 0 Å². The Kier molecular flexibility index (Phi) is 4.65. The second kappa shape index (κ2) is 7.93. The Morgan fingerprint density at radius 1 is 0.686 bits per heavy atom. The Morgan fingerprint density at radius 3 is 2.54 bits per heavy atom. The molecule has 4 aromatic carbocycles. The molecule has 0 aromatic heterocycles. The Labute approximate surface area is 213 Å². The minimum atomic E-state index is 0.347.